The van der Waals surface area contributed by atoms with E-state index in [0.717, 1.165) is 40.2 Å². The number of nitrogens with zero attached hydrogens (tertiary/aromatic N) is 1. The highest BCUT2D eigenvalue weighted by Gasteiger charge is 2.33. The average Bonchev–Trinajstić information content (AvgIpc) is 2.63. The lowest BCUT2D eigenvalue weighted by atomic mass is 9.83. The summed E-state index contributed by atoms with van der Waals surface area (Å²) in [5, 5.41) is 3.79. The maximum absolute atomic E-state index is 6.47. The van der Waals surface area contributed by atoms with Gasteiger partial charge in [0.1, 0.15) is 5.75 Å². The maximum Gasteiger partial charge on any atom is 0.224 e. The Morgan fingerprint density at radius 2 is 1.58 bits per heavy atom. The molecule has 0 spiro atoms. The number of benzene rings is 1. The molecule has 2 rings (SSSR count). The van der Waals surface area contributed by atoms with Gasteiger partial charge < -0.3 is 14.5 Å². The van der Waals surface area contributed by atoms with E-state index < -0.39 is 9.04 Å². The molecular formula is C26H41N2O2Si. The third-order valence-corrected chi connectivity index (χ3v) is 6.25. The van der Waals surface area contributed by atoms with Crippen molar-refractivity contribution in [2.75, 3.05) is 5.32 Å². The highest BCUT2D eigenvalue weighted by Crippen LogP contribution is 2.35. The molecule has 2 unspecified atom stereocenters. The van der Waals surface area contributed by atoms with E-state index in [4.69, 9.17) is 14.1 Å². The molecular weight excluding hydrogens is 400 g/mol. The number of nitrogens with one attached hydrogen (secondary N) is 1. The van der Waals surface area contributed by atoms with Crippen LogP contribution in [0.1, 0.15) is 62.1 Å². The molecule has 1 aromatic carbocycles. The number of hydrogen-bond acceptors (Lipinski definition) is 4. The summed E-state index contributed by atoms with van der Waals surface area (Å²) in [4.78, 5) is 4.72. The van der Waals surface area contributed by atoms with Crippen molar-refractivity contribution in [1.82, 2.24) is 4.98 Å². The summed E-state index contributed by atoms with van der Waals surface area (Å²) >= 11 is 0. The fourth-order valence-electron chi connectivity index (χ4n) is 4.09. The molecule has 2 atom stereocenters. The first kappa shape index (κ1) is 25.4. The number of aromatic nitrogens is 1. The maximum atomic E-state index is 6.47. The molecule has 0 aliphatic heterocycles. The summed E-state index contributed by atoms with van der Waals surface area (Å²) in [6, 6.07) is 6.62. The summed E-state index contributed by atoms with van der Waals surface area (Å²) in [6.07, 6.45) is 1.10. The Morgan fingerprint density at radius 1 is 1.00 bits per heavy atom. The monoisotopic (exact) mass is 441 g/mol. The fourth-order valence-corrected chi connectivity index (χ4v) is 5.12. The zero-order valence-corrected chi connectivity index (χ0v) is 22.4. The van der Waals surface area contributed by atoms with Gasteiger partial charge in [0.15, 0.2) is 0 Å². The van der Waals surface area contributed by atoms with Gasteiger partial charge in [-0.05, 0) is 76.7 Å². The van der Waals surface area contributed by atoms with Gasteiger partial charge in [-0.3, -0.25) is 0 Å². The van der Waals surface area contributed by atoms with Crippen molar-refractivity contribution in [3.8, 4) is 11.6 Å². The molecule has 0 bridgehead atoms. The van der Waals surface area contributed by atoms with Gasteiger partial charge in [0.2, 0.25) is 14.9 Å². The minimum atomic E-state index is -0.818. The lowest BCUT2D eigenvalue weighted by Gasteiger charge is -2.39. The van der Waals surface area contributed by atoms with Gasteiger partial charge in [-0.15, -0.1) is 0 Å². The molecule has 1 aromatic heterocycles. The molecule has 4 nitrogen and oxygen atoms in total. The van der Waals surface area contributed by atoms with E-state index in [0.29, 0.717) is 5.88 Å². The summed E-state index contributed by atoms with van der Waals surface area (Å²) in [5.74, 6) is 1.56. The molecule has 0 saturated carbocycles. The van der Waals surface area contributed by atoms with E-state index in [1.807, 2.05) is 6.92 Å². The van der Waals surface area contributed by atoms with Crippen LogP contribution in [0.4, 0.5) is 5.69 Å². The van der Waals surface area contributed by atoms with Gasteiger partial charge >= 0.3 is 0 Å². The van der Waals surface area contributed by atoms with E-state index in [1.54, 1.807) is 0 Å². The molecule has 1 N–H and O–H groups in total. The normalized spacial score (nSPS) is 13.9. The Morgan fingerprint density at radius 3 is 2.06 bits per heavy atom. The van der Waals surface area contributed by atoms with Gasteiger partial charge in [0.05, 0.1) is 12.1 Å². The van der Waals surface area contributed by atoms with E-state index in [2.05, 4.69) is 92.0 Å². The highest BCUT2D eigenvalue weighted by molar-refractivity contribution is 6.48. The van der Waals surface area contributed by atoms with Crippen molar-refractivity contribution in [1.29, 1.82) is 0 Å². The summed E-state index contributed by atoms with van der Waals surface area (Å²) in [7, 11) is -0.818. The largest absolute Gasteiger partial charge is 0.438 e. The number of hydrogen-bond donors (Lipinski definition) is 1. The van der Waals surface area contributed by atoms with Gasteiger partial charge in [-0.25, -0.2) is 4.98 Å². The molecule has 171 valence electrons. The molecule has 5 heteroatoms. The number of aryl methyl sites for hydroxylation is 4. The Balaban J connectivity index is 2.41. The van der Waals surface area contributed by atoms with Crippen molar-refractivity contribution in [3.63, 3.8) is 0 Å². The molecule has 2 aromatic rings. The van der Waals surface area contributed by atoms with Crippen LogP contribution < -0.4 is 10.1 Å². The van der Waals surface area contributed by atoms with E-state index in [-0.39, 0.29) is 17.6 Å². The van der Waals surface area contributed by atoms with E-state index in [1.165, 1.54) is 5.56 Å². The lowest BCUT2D eigenvalue weighted by molar-refractivity contribution is 0.0675. The van der Waals surface area contributed by atoms with Gasteiger partial charge in [-0.2, -0.15) is 0 Å². The molecule has 0 aliphatic rings. The third kappa shape index (κ3) is 6.56. The quantitative estimate of drug-likeness (QED) is 0.437. The van der Waals surface area contributed by atoms with Crippen LogP contribution >= 0.6 is 0 Å². The molecule has 1 radical (unpaired) electrons. The molecule has 0 saturated heterocycles. The Hall–Kier alpha value is -1.85. The number of anilines is 1. The second-order valence-electron chi connectivity index (χ2n) is 10.0. The van der Waals surface area contributed by atoms with E-state index >= 15 is 0 Å². The van der Waals surface area contributed by atoms with Gasteiger partial charge in [0.25, 0.3) is 0 Å². The van der Waals surface area contributed by atoms with Gasteiger partial charge in [0, 0.05) is 16.9 Å². The zero-order valence-electron chi connectivity index (χ0n) is 21.4. The third-order valence-electron chi connectivity index (χ3n) is 5.52. The molecule has 1 heterocycles. The second kappa shape index (κ2) is 10.2. The first-order chi connectivity index (χ1) is 14.3. The van der Waals surface area contributed by atoms with Crippen molar-refractivity contribution < 1.29 is 9.16 Å². The first-order valence-corrected chi connectivity index (χ1v) is 13.7. The van der Waals surface area contributed by atoms with Crippen molar-refractivity contribution in [3.05, 3.63) is 46.1 Å². The Bertz CT molecular complexity index is 880. The van der Waals surface area contributed by atoms with Crippen molar-refractivity contribution in [2.24, 2.45) is 5.41 Å². The van der Waals surface area contributed by atoms with Crippen LogP contribution in [0.15, 0.2) is 18.2 Å². The number of rotatable bonds is 8. The predicted octanol–water partition coefficient (Wildman–Crippen LogP) is 7.29. The first-order valence-electron chi connectivity index (χ1n) is 11.3. The fraction of sp³-hybridized carbons (Fsp3) is 0.577. The van der Waals surface area contributed by atoms with Gasteiger partial charge in [-0.1, -0.05) is 45.4 Å². The molecule has 0 amide bonds. The Kier molecular flexibility index (Phi) is 8.34. The average molecular weight is 442 g/mol. The van der Waals surface area contributed by atoms with Crippen molar-refractivity contribution in [2.45, 2.75) is 94.0 Å². The summed E-state index contributed by atoms with van der Waals surface area (Å²) < 4.78 is 12.8. The smallest absolute Gasteiger partial charge is 0.224 e. The summed E-state index contributed by atoms with van der Waals surface area (Å²) in [5.41, 5.74) is 6.56. The molecule has 0 aliphatic carbocycles. The van der Waals surface area contributed by atoms with Crippen LogP contribution in [0.5, 0.6) is 11.6 Å². The predicted molar refractivity (Wildman–Crippen MR) is 134 cm³/mol. The highest BCUT2D eigenvalue weighted by atomic mass is 28.3. The van der Waals surface area contributed by atoms with Crippen LogP contribution in [-0.4, -0.2) is 26.2 Å². The number of ether oxygens (including phenoxy) is 1. The lowest BCUT2D eigenvalue weighted by Crippen LogP contribution is -2.46. The van der Waals surface area contributed by atoms with Crippen LogP contribution in [0.2, 0.25) is 13.1 Å². The zero-order chi connectivity index (χ0) is 23.5. The molecule has 0 fully saturated rings. The topological polar surface area (TPSA) is 43.4 Å². The summed E-state index contributed by atoms with van der Waals surface area (Å²) in [6.45, 7) is 23.8. The Labute approximate surface area is 191 Å². The van der Waals surface area contributed by atoms with Crippen LogP contribution in [-0.2, 0) is 4.43 Å². The van der Waals surface area contributed by atoms with E-state index in [9.17, 15) is 0 Å². The van der Waals surface area contributed by atoms with Crippen LogP contribution in [0, 0.1) is 40.0 Å². The SMILES string of the molecule is CCC(Nc1cc(C)nc(Oc2c(C)cc(C)cc2C)c1C)C(O[Si](C)C)C(C)(C)C. The minimum absolute atomic E-state index is 0.0427. The standard InChI is InChI=1S/C26H41N2O2Si/c1-12-21(24(26(7,8)9)30-31(10)11)28-22-15-19(5)27-25(20(22)6)29-23-17(3)13-16(2)14-18(23)4/h13-15,21,24H,12H2,1-11H3,(H,27,28). The molecule has 31 heavy (non-hydrogen) atoms. The minimum Gasteiger partial charge on any atom is -0.438 e. The number of pyridine rings is 1. The van der Waals surface area contributed by atoms with Crippen molar-refractivity contribution >= 4 is 14.7 Å². The van der Waals surface area contributed by atoms with Crippen LogP contribution in [0.3, 0.4) is 0 Å². The van der Waals surface area contributed by atoms with Crippen LogP contribution in [0.25, 0.3) is 0 Å². The second-order valence-corrected chi connectivity index (χ2v) is 12.1.